The van der Waals surface area contributed by atoms with Crippen LogP contribution in [0.4, 0.5) is 11.8 Å². The first-order valence-electron chi connectivity index (χ1n) is 13.3. The molecule has 11 nitrogen and oxygen atoms in total. The number of nitrogens with zero attached hydrogens (tertiary/aromatic N) is 6. The second-order valence-corrected chi connectivity index (χ2v) is 12.5. The number of benzene rings is 1. The number of nitrogens with one attached hydrogen (secondary N) is 2. The molecule has 1 aliphatic heterocycles. The van der Waals surface area contributed by atoms with Gasteiger partial charge in [0.25, 0.3) is 0 Å². The zero-order valence-electron chi connectivity index (χ0n) is 22.7. The van der Waals surface area contributed by atoms with Crippen LogP contribution < -0.4 is 16.4 Å². The molecule has 4 N–H and O–H groups in total. The van der Waals surface area contributed by atoms with Crippen LogP contribution in [0.5, 0.6) is 0 Å². The summed E-state index contributed by atoms with van der Waals surface area (Å²) in [5.41, 5.74) is 8.00. The molecule has 1 aliphatic carbocycles. The quantitative estimate of drug-likeness (QED) is 0.359. The summed E-state index contributed by atoms with van der Waals surface area (Å²) < 4.78 is 29.8. The van der Waals surface area contributed by atoms with E-state index in [1.54, 1.807) is 6.33 Å². The summed E-state index contributed by atoms with van der Waals surface area (Å²) in [6, 6.07) is 8.87. The van der Waals surface area contributed by atoms with Crippen molar-refractivity contribution in [2.75, 3.05) is 23.7 Å². The molecule has 0 atom stereocenters. The van der Waals surface area contributed by atoms with Crippen molar-refractivity contribution in [1.82, 2.24) is 23.8 Å². The highest BCUT2D eigenvalue weighted by Gasteiger charge is 2.30. The first kappa shape index (κ1) is 31.8. The molecule has 3 aromatic rings. The Balaban J connectivity index is 0.00000220. The number of halogens is 2. The van der Waals surface area contributed by atoms with Gasteiger partial charge >= 0.3 is 0 Å². The number of nitrogens with two attached hydrogens (primary N) is 1. The molecule has 0 amide bonds. The van der Waals surface area contributed by atoms with Crippen LogP contribution in [-0.4, -0.2) is 63.5 Å². The fourth-order valence-electron chi connectivity index (χ4n) is 5.19. The van der Waals surface area contributed by atoms with E-state index >= 15 is 0 Å². The Labute approximate surface area is 247 Å². The molecule has 1 saturated heterocycles. The van der Waals surface area contributed by atoms with Gasteiger partial charge in [-0.05, 0) is 76.6 Å². The number of sulfonamides is 1. The van der Waals surface area contributed by atoms with E-state index in [0.29, 0.717) is 48.8 Å². The van der Waals surface area contributed by atoms with E-state index < -0.39 is 10.0 Å². The lowest BCUT2D eigenvalue weighted by molar-refractivity contribution is 0.329. The van der Waals surface area contributed by atoms with Crippen LogP contribution in [0, 0.1) is 11.3 Å². The van der Waals surface area contributed by atoms with E-state index in [0.717, 1.165) is 31.3 Å². The second kappa shape index (κ2) is 13.3. The zero-order chi connectivity index (χ0) is 26.9. The zero-order valence-corrected chi connectivity index (χ0v) is 25.1. The standard InChI is InChI=1S/C26H35N9O2S.2ClH/c1-17(2)35-16-29-23-24(32-26(33-25(23)35)31-20-7-5-19(28)6-8-20)30-21-11-13-34(14-12-21)38(36,37)22-9-3-18(15-27)4-10-22;;/h3-4,9-10,16-17,19-21H,5-8,11-14,28H2,1-2H3,(H2,30,31,32,33);2*1H/t19-,20-;;. The van der Waals surface area contributed by atoms with Gasteiger partial charge in [-0.25, -0.2) is 13.4 Å². The van der Waals surface area contributed by atoms with E-state index in [1.807, 2.05) is 10.6 Å². The number of anilines is 2. The number of imidazole rings is 1. The number of piperidine rings is 1. The van der Waals surface area contributed by atoms with Crippen molar-refractivity contribution in [3.8, 4) is 6.07 Å². The molecule has 2 aliphatic rings. The highest BCUT2D eigenvalue weighted by atomic mass is 35.5. The SMILES string of the molecule is CC(C)n1cnc2c(NC3CCN(S(=O)(=O)c4ccc(C#N)cc4)CC3)nc(N[C@H]3CC[C@H](N)CC3)nc21.Cl.Cl. The minimum Gasteiger partial charge on any atom is -0.365 e. The monoisotopic (exact) mass is 609 g/mol. The molecule has 14 heteroatoms. The van der Waals surface area contributed by atoms with Gasteiger partial charge in [-0.3, -0.25) is 0 Å². The highest BCUT2D eigenvalue weighted by Crippen LogP contribution is 2.28. The summed E-state index contributed by atoms with van der Waals surface area (Å²) in [6.07, 6.45) is 7.01. The molecule has 0 unspecified atom stereocenters. The lowest BCUT2D eigenvalue weighted by Gasteiger charge is -2.32. The number of aromatic nitrogens is 4. The number of fused-ring (bicyclic) bond motifs is 1. The van der Waals surface area contributed by atoms with Crippen LogP contribution in [0.25, 0.3) is 11.2 Å². The number of hydrogen-bond donors (Lipinski definition) is 3. The Kier molecular flexibility index (Phi) is 10.6. The molecule has 2 fully saturated rings. The van der Waals surface area contributed by atoms with Crippen LogP contribution in [0.3, 0.4) is 0 Å². The van der Waals surface area contributed by atoms with Crippen molar-refractivity contribution in [1.29, 1.82) is 5.26 Å². The van der Waals surface area contributed by atoms with Gasteiger partial charge in [-0.1, -0.05) is 0 Å². The van der Waals surface area contributed by atoms with E-state index in [2.05, 4.69) is 29.5 Å². The van der Waals surface area contributed by atoms with Crippen LogP contribution in [0.2, 0.25) is 0 Å². The van der Waals surface area contributed by atoms with Crippen molar-refractivity contribution < 1.29 is 8.42 Å². The molecule has 0 radical (unpaired) electrons. The van der Waals surface area contributed by atoms with E-state index in [-0.39, 0.29) is 53.9 Å². The van der Waals surface area contributed by atoms with Crippen LogP contribution in [-0.2, 0) is 10.0 Å². The maximum absolute atomic E-state index is 13.1. The fraction of sp³-hybridized carbons (Fsp3) is 0.538. The Morgan fingerprint density at radius 3 is 2.20 bits per heavy atom. The van der Waals surface area contributed by atoms with Gasteiger partial charge in [0.1, 0.15) is 0 Å². The summed E-state index contributed by atoms with van der Waals surface area (Å²) in [7, 11) is -3.62. The number of hydrogen-bond acceptors (Lipinski definition) is 9. The lowest BCUT2D eigenvalue weighted by atomic mass is 9.92. The van der Waals surface area contributed by atoms with Gasteiger partial charge in [0, 0.05) is 37.3 Å². The Morgan fingerprint density at radius 2 is 1.60 bits per heavy atom. The molecule has 1 aromatic carbocycles. The van der Waals surface area contributed by atoms with Gasteiger partial charge in [0.15, 0.2) is 17.0 Å². The van der Waals surface area contributed by atoms with Gasteiger partial charge in [0.2, 0.25) is 16.0 Å². The average Bonchev–Trinajstić information content (AvgIpc) is 3.35. The fourth-order valence-corrected chi connectivity index (χ4v) is 6.66. The normalized spacial score (nSPS) is 20.4. The van der Waals surface area contributed by atoms with Crippen molar-refractivity contribution in [3.05, 3.63) is 36.2 Å². The molecular formula is C26H37Cl2N9O2S. The highest BCUT2D eigenvalue weighted by molar-refractivity contribution is 7.89. The van der Waals surface area contributed by atoms with Gasteiger partial charge < -0.3 is 20.9 Å². The van der Waals surface area contributed by atoms with Crippen molar-refractivity contribution in [2.24, 2.45) is 5.73 Å². The molecule has 3 heterocycles. The van der Waals surface area contributed by atoms with E-state index in [9.17, 15) is 8.42 Å². The van der Waals surface area contributed by atoms with E-state index in [4.69, 9.17) is 21.0 Å². The molecule has 218 valence electrons. The van der Waals surface area contributed by atoms with Crippen molar-refractivity contribution >= 4 is 57.8 Å². The smallest absolute Gasteiger partial charge is 0.243 e. The summed E-state index contributed by atoms with van der Waals surface area (Å²) in [5, 5.41) is 16.1. The predicted molar refractivity (Wildman–Crippen MR) is 161 cm³/mol. The Bertz CT molecular complexity index is 1420. The van der Waals surface area contributed by atoms with Crippen molar-refractivity contribution in [3.63, 3.8) is 0 Å². The minimum absolute atomic E-state index is 0. The third-order valence-corrected chi connectivity index (χ3v) is 9.41. The molecule has 40 heavy (non-hydrogen) atoms. The first-order valence-corrected chi connectivity index (χ1v) is 14.7. The third kappa shape index (κ3) is 6.78. The average molecular weight is 611 g/mol. The molecule has 0 spiro atoms. The third-order valence-electron chi connectivity index (χ3n) is 7.50. The maximum atomic E-state index is 13.1. The topological polar surface area (TPSA) is 155 Å². The second-order valence-electron chi connectivity index (χ2n) is 10.5. The van der Waals surface area contributed by atoms with Crippen LogP contribution >= 0.6 is 24.8 Å². The summed E-state index contributed by atoms with van der Waals surface area (Å²) in [5.74, 6) is 1.24. The Morgan fingerprint density at radius 1 is 0.975 bits per heavy atom. The van der Waals surface area contributed by atoms with Gasteiger partial charge in [0.05, 0.1) is 22.9 Å². The number of nitriles is 1. The first-order chi connectivity index (χ1) is 18.2. The van der Waals surface area contributed by atoms with Gasteiger partial charge in [-0.15, -0.1) is 24.8 Å². The van der Waals surface area contributed by atoms with Crippen LogP contribution in [0.1, 0.15) is 64.0 Å². The number of rotatable bonds is 7. The molecular weight excluding hydrogens is 573 g/mol. The predicted octanol–water partition coefficient (Wildman–Crippen LogP) is 4.07. The summed E-state index contributed by atoms with van der Waals surface area (Å²) >= 11 is 0. The Hall–Kier alpha value is -2.69. The minimum atomic E-state index is -3.62. The maximum Gasteiger partial charge on any atom is 0.243 e. The van der Waals surface area contributed by atoms with E-state index in [1.165, 1.54) is 28.6 Å². The van der Waals surface area contributed by atoms with Crippen LogP contribution in [0.15, 0.2) is 35.5 Å². The summed E-state index contributed by atoms with van der Waals surface area (Å²) in [4.78, 5) is 14.4. The lowest BCUT2D eigenvalue weighted by Crippen LogP contribution is -2.42. The molecule has 0 bridgehead atoms. The molecule has 5 rings (SSSR count). The van der Waals surface area contributed by atoms with Gasteiger partial charge in [-0.2, -0.15) is 19.5 Å². The summed E-state index contributed by atoms with van der Waals surface area (Å²) in [6.45, 7) is 4.97. The molecule has 2 aromatic heterocycles. The van der Waals surface area contributed by atoms with Crippen molar-refractivity contribution in [2.45, 2.75) is 81.4 Å². The molecule has 1 saturated carbocycles. The largest absolute Gasteiger partial charge is 0.365 e.